The van der Waals surface area contributed by atoms with Gasteiger partial charge in [-0.1, -0.05) is 30.3 Å². The number of morpholine rings is 1. The van der Waals surface area contributed by atoms with Gasteiger partial charge in [-0.2, -0.15) is 0 Å². The van der Waals surface area contributed by atoms with Crippen LogP contribution in [0.4, 0.5) is 5.69 Å². The summed E-state index contributed by atoms with van der Waals surface area (Å²) in [6.07, 6.45) is 0.558. The van der Waals surface area contributed by atoms with Crippen LogP contribution < -0.4 is 0 Å². The van der Waals surface area contributed by atoms with E-state index < -0.39 is 4.92 Å². The molecule has 0 unspecified atom stereocenters. The number of nitro benzene ring substituents is 1. The molecule has 0 radical (unpaired) electrons. The van der Waals surface area contributed by atoms with Crippen molar-refractivity contribution in [2.75, 3.05) is 32.8 Å². The second-order valence-electron chi connectivity index (χ2n) is 7.12. The fourth-order valence-electron chi connectivity index (χ4n) is 3.74. The summed E-state index contributed by atoms with van der Waals surface area (Å²) < 4.78 is 5.39. The Kier molecular flexibility index (Phi) is 5.58. The molecule has 1 fully saturated rings. The summed E-state index contributed by atoms with van der Waals surface area (Å²) in [5.74, 6) is -0.697. The third kappa shape index (κ3) is 3.81. The van der Waals surface area contributed by atoms with Crippen LogP contribution in [0.5, 0.6) is 0 Å². The Hall–Kier alpha value is -3.52. The number of nitrogens with zero attached hydrogens (tertiary/aromatic N) is 3. The first-order valence-corrected chi connectivity index (χ1v) is 9.78. The smallest absolute Gasteiger partial charge is 0.277 e. The summed E-state index contributed by atoms with van der Waals surface area (Å²) in [4.78, 5) is 40.2. The van der Waals surface area contributed by atoms with Gasteiger partial charge < -0.3 is 9.64 Å². The fraction of sp³-hybridized carbons (Fsp3) is 0.273. The topological polar surface area (TPSA) is 93.0 Å². The maximum absolute atomic E-state index is 13.3. The fourth-order valence-corrected chi connectivity index (χ4v) is 3.74. The van der Waals surface area contributed by atoms with Gasteiger partial charge in [0.1, 0.15) is 5.70 Å². The zero-order valence-corrected chi connectivity index (χ0v) is 16.3. The Morgan fingerprint density at radius 2 is 1.60 bits per heavy atom. The van der Waals surface area contributed by atoms with Gasteiger partial charge in [-0.25, -0.2) is 0 Å². The van der Waals surface area contributed by atoms with Gasteiger partial charge in [-0.05, 0) is 29.7 Å². The lowest BCUT2D eigenvalue weighted by Crippen LogP contribution is -2.40. The Bertz CT molecular complexity index is 995. The number of ether oxygens (including phenoxy) is 1. The van der Waals surface area contributed by atoms with E-state index in [1.807, 2.05) is 35.2 Å². The molecule has 0 spiro atoms. The summed E-state index contributed by atoms with van der Waals surface area (Å²) in [5.41, 5.74) is 2.12. The average molecular weight is 407 g/mol. The number of imide groups is 1. The van der Waals surface area contributed by atoms with E-state index in [4.69, 9.17) is 4.74 Å². The highest BCUT2D eigenvalue weighted by Gasteiger charge is 2.41. The minimum atomic E-state index is -0.491. The van der Waals surface area contributed by atoms with Crippen LogP contribution in [0.25, 0.3) is 5.57 Å². The summed E-state index contributed by atoms with van der Waals surface area (Å²) in [7, 11) is 0. The molecule has 0 aromatic heterocycles. The van der Waals surface area contributed by atoms with E-state index in [9.17, 15) is 19.7 Å². The van der Waals surface area contributed by atoms with Crippen LogP contribution in [0.3, 0.4) is 0 Å². The molecule has 1 saturated heterocycles. The Morgan fingerprint density at radius 1 is 0.933 bits per heavy atom. The molecule has 0 aliphatic carbocycles. The summed E-state index contributed by atoms with van der Waals surface area (Å²) in [6, 6.07) is 15.4. The molecule has 2 aliphatic heterocycles. The maximum Gasteiger partial charge on any atom is 0.277 e. The normalized spacial score (nSPS) is 17.1. The highest BCUT2D eigenvalue weighted by atomic mass is 16.6. The highest BCUT2D eigenvalue weighted by Crippen LogP contribution is 2.33. The molecule has 2 aliphatic rings. The first kappa shape index (κ1) is 19.8. The lowest BCUT2D eigenvalue weighted by molar-refractivity contribution is -0.384. The lowest BCUT2D eigenvalue weighted by Gasteiger charge is -2.29. The molecule has 4 rings (SSSR count). The molecule has 0 saturated carbocycles. The van der Waals surface area contributed by atoms with Crippen molar-refractivity contribution in [2.24, 2.45) is 0 Å². The molecule has 0 bridgehead atoms. The van der Waals surface area contributed by atoms with E-state index in [2.05, 4.69) is 0 Å². The van der Waals surface area contributed by atoms with Crippen LogP contribution in [-0.4, -0.2) is 59.4 Å². The molecular weight excluding hydrogens is 386 g/mol. The van der Waals surface area contributed by atoms with Gasteiger partial charge in [0, 0.05) is 31.8 Å². The molecule has 2 amide bonds. The third-order valence-electron chi connectivity index (χ3n) is 5.30. The Morgan fingerprint density at radius 3 is 2.23 bits per heavy atom. The molecule has 8 heteroatoms. The minimum Gasteiger partial charge on any atom is -0.378 e. The van der Waals surface area contributed by atoms with E-state index in [0.717, 1.165) is 5.56 Å². The maximum atomic E-state index is 13.3. The van der Waals surface area contributed by atoms with Crippen LogP contribution >= 0.6 is 0 Å². The molecule has 2 aromatic carbocycles. The van der Waals surface area contributed by atoms with Gasteiger partial charge in [-0.15, -0.1) is 0 Å². The minimum absolute atomic E-state index is 0.0648. The first-order chi connectivity index (χ1) is 14.6. The first-order valence-electron chi connectivity index (χ1n) is 9.78. The van der Waals surface area contributed by atoms with E-state index in [1.165, 1.54) is 29.2 Å². The van der Waals surface area contributed by atoms with Gasteiger partial charge in [0.25, 0.3) is 17.5 Å². The van der Waals surface area contributed by atoms with Crippen molar-refractivity contribution in [3.05, 3.63) is 81.5 Å². The number of hydrogen-bond donors (Lipinski definition) is 0. The van der Waals surface area contributed by atoms with E-state index in [1.54, 1.807) is 0 Å². The standard InChI is InChI=1S/C22H21N3O5/c26-21-19(17-6-8-18(9-7-17)25(28)29)20(23-12-14-30-15-13-23)22(27)24(21)11-10-16-4-2-1-3-5-16/h1-9H,10-15H2. The van der Waals surface area contributed by atoms with Crippen molar-refractivity contribution in [1.82, 2.24) is 9.80 Å². The number of rotatable bonds is 6. The number of carbonyl (C=O) groups excluding carboxylic acids is 2. The quantitative estimate of drug-likeness (QED) is 0.414. The number of benzene rings is 2. The van der Waals surface area contributed by atoms with Gasteiger partial charge in [0.15, 0.2) is 0 Å². The molecular formula is C22H21N3O5. The molecule has 8 nitrogen and oxygen atoms in total. The van der Waals surface area contributed by atoms with Crippen molar-refractivity contribution < 1.29 is 19.2 Å². The van der Waals surface area contributed by atoms with Crippen molar-refractivity contribution >= 4 is 23.1 Å². The second kappa shape index (κ2) is 8.46. The van der Waals surface area contributed by atoms with Gasteiger partial charge in [0.05, 0.1) is 23.7 Å². The van der Waals surface area contributed by atoms with Crippen molar-refractivity contribution in [3.8, 4) is 0 Å². The average Bonchev–Trinajstić information content (AvgIpc) is 3.03. The van der Waals surface area contributed by atoms with Gasteiger partial charge >= 0.3 is 0 Å². The summed E-state index contributed by atoms with van der Waals surface area (Å²) >= 11 is 0. The number of non-ortho nitro benzene ring substituents is 1. The lowest BCUT2D eigenvalue weighted by atomic mass is 10.0. The molecule has 2 aromatic rings. The van der Waals surface area contributed by atoms with E-state index in [0.29, 0.717) is 49.6 Å². The largest absolute Gasteiger partial charge is 0.378 e. The molecule has 2 heterocycles. The molecule has 154 valence electrons. The van der Waals surface area contributed by atoms with Gasteiger partial charge in [-0.3, -0.25) is 24.6 Å². The number of hydrogen-bond acceptors (Lipinski definition) is 6. The molecule has 0 atom stereocenters. The monoisotopic (exact) mass is 407 g/mol. The number of nitro groups is 1. The molecule has 30 heavy (non-hydrogen) atoms. The van der Waals surface area contributed by atoms with Crippen molar-refractivity contribution in [1.29, 1.82) is 0 Å². The number of amides is 2. The van der Waals surface area contributed by atoms with Crippen LogP contribution in [0, 0.1) is 10.1 Å². The predicted octanol–water partition coefficient (Wildman–Crippen LogP) is 2.25. The SMILES string of the molecule is O=C1C(c2ccc([N+](=O)[O-])cc2)=C(N2CCOCC2)C(=O)N1CCc1ccccc1. The zero-order chi connectivity index (χ0) is 21.1. The zero-order valence-electron chi connectivity index (χ0n) is 16.3. The van der Waals surface area contributed by atoms with E-state index >= 15 is 0 Å². The Balaban J connectivity index is 1.66. The van der Waals surface area contributed by atoms with Crippen LogP contribution in [0.1, 0.15) is 11.1 Å². The highest BCUT2D eigenvalue weighted by molar-refractivity contribution is 6.35. The third-order valence-corrected chi connectivity index (χ3v) is 5.30. The summed E-state index contributed by atoms with van der Waals surface area (Å²) in [6.45, 7) is 2.24. The summed E-state index contributed by atoms with van der Waals surface area (Å²) in [5, 5.41) is 11.0. The molecule has 0 N–H and O–H groups in total. The van der Waals surface area contributed by atoms with Crippen LogP contribution in [0.2, 0.25) is 0 Å². The van der Waals surface area contributed by atoms with Gasteiger partial charge in [0.2, 0.25) is 0 Å². The predicted molar refractivity (Wildman–Crippen MR) is 109 cm³/mol. The van der Waals surface area contributed by atoms with Crippen molar-refractivity contribution in [3.63, 3.8) is 0 Å². The van der Waals surface area contributed by atoms with Crippen LogP contribution in [0.15, 0.2) is 60.3 Å². The van der Waals surface area contributed by atoms with Crippen LogP contribution in [-0.2, 0) is 20.7 Å². The Labute approximate surface area is 173 Å². The van der Waals surface area contributed by atoms with E-state index in [-0.39, 0.29) is 24.0 Å². The van der Waals surface area contributed by atoms with Crippen molar-refractivity contribution in [2.45, 2.75) is 6.42 Å². The second-order valence-corrected chi connectivity index (χ2v) is 7.12. The number of carbonyl (C=O) groups is 2.